The first-order chi connectivity index (χ1) is 9.73. The van der Waals surface area contributed by atoms with Crippen LogP contribution in [-0.2, 0) is 9.59 Å². The number of amides is 2. The molecule has 0 saturated carbocycles. The van der Waals surface area contributed by atoms with Crippen molar-refractivity contribution in [1.82, 2.24) is 5.32 Å². The van der Waals surface area contributed by atoms with Gasteiger partial charge in [-0.3, -0.25) is 19.3 Å². The number of benzene rings is 1. The average molecular weight is 290 g/mol. The van der Waals surface area contributed by atoms with Crippen molar-refractivity contribution in [1.29, 1.82) is 0 Å². The van der Waals surface area contributed by atoms with Crippen LogP contribution in [0.15, 0.2) is 18.2 Å². The van der Waals surface area contributed by atoms with Gasteiger partial charge in [-0.25, -0.2) is 0 Å². The summed E-state index contributed by atoms with van der Waals surface area (Å²) in [6.07, 6.45) is 0. The van der Waals surface area contributed by atoms with Gasteiger partial charge in [0.25, 0.3) is 11.7 Å². The monoisotopic (exact) mass is 290 g/mol. The van der Waals surface area contributed by atoms with Crippen molar-refractivity contribution in [2.75, 3.05) is 18.6 Å². The minimum atomic E-state index is -0.692. The van der Waals surface area contributed by atoms with Crippen LogP contribution in [0.3, 0.4) is 0 Å². The van der Waals surface area contributed by atoms with Crippen LogP contribution in [0.2, 0.25) is 0 Å². The molecule has 0 unspecified atom stereocenters. The zero-order valence-corrected chi connectivity index (χ0v) is 12.5. The molecule has 0 aromatic heterocycles. The number of nitrogens with zero attached hydrogens (tertiary/aromatic N) is 1. The number of hydrogen-bond donors (Lipinski definition) is 1. The highest BCUT2D eigenvalue weighted by Crippen LogP contribution is 2.31. The van der Waals surface area contributed by atoms with Gasteiger partial charge in [-0.05, 0) is 39.0 Å². The molecule has 1 N–H and O–H groups in total. The van der Waals surface area contributed by atoms with Gasteiger partial charge >= 0.3 is 0 Å². The van der Waals surface area contributed by atoms with Gasteiger partial charge in [-0.15, -0.1) is 0 Å². The van der Waals surface area contributed by atoms with E-state index >= 15 is 0 Å². The molecule has 0 saturated heterocycles. The van der Waals surface area contributed by atoms with E-state index in [4.69, 9.17) is 4.74 Å². The van der Waals surface area contributed by atoms with Crippen LogP contribution in [0.5, 0.6) is 5.75 Å². The fourth-order valence-electron chi connectivity index (χ4n) is 2.16. The number of Topliss-reactive ketones (excluding diaryl/α,β-unsaturated/α-hetero) is 1. The molecule has 21 heavy (non-hydrogen) atoms. The summed E-state index contributed by atoms with van der Waals surface area (Å²) >= 11 is 0. The summed E-state index contributed by atoms with van der Waals surface area (Å²) in [6, 6.07) is 4.78. The zero-order valence-electron chi connectivity index (χ0n) is 12.5. The van der Waals surface area contributed by atoms with Crippen LogP contribution in [0.1, 0.15) is 31.1 Å². The van der Waals surface area contributed by atoms with E-state index in [9.17, 15) is 14.4 Å². The smallest absolute Gasteiger partial charge is 0.299 e. The van der Waals surface area contributed by atoms with Gasteiger partial charge in [0.2, 0.25) is 5.91 Å². The third kappa shape index (κ3) is 3.04. The first-order valence-corrected chi connectivity index (χ1v) is 6.58. The highest BCUT2D eigenvalue weighted by atomic mass is 16.5. The molecule has 0 aliphatic carbocycles. The molecule has 112 valence electrons. The highest BCUT2D eigenvalue weighted by molar-refractivity contribution is 6.52. The van der Waals surface area contributed by atoms with E-state index in [2.05, 4.69) is 5.32 Å². The third-order valence-corrected chi connectivity index (χ3v) is 2.99. The molecular weight excluding hydrogens is 272 g/mol. The van der Waals surface area contributed by atoms with E-state index < -0.39 is 17.2 Å². The second-order valence-corrected chi connectivity index (χ2v) is 5.90. The molecule has 0 spiro atoms. The van der Waals surface area contributed by atoms with Crippen LogP contribution in [0.4, 0.5) is 5.69 Å². The minimum Gasteiger partial charge on any atom is -0.497 e. The molecule has 1 aromatic rings. The summed E-state index contributed by atoms with van der Waals surface area (Å²) in [7, 11) is 1.48. The first kappa shape index (κ1) is 15.0. The largest absolute Gasteiger partial charge is 0.497 e. The lowest BCUT2D eigenvalue weighted by Crippen LogP contribution is -2.47. The lowest BCUT2D eigenvalue weighted by molar-refractivity contribution is -0.123. The molecule has 1 aromatic carbocycles. The fourth-order valence-corrected chi connectivity index (χ4v) is 2.16. The Labute approximate surface area is 123 Å². The Morgan fingerprint density at radius 1 is 1.29 bits per heavy atom. The summed E-state index contributed by atoms with van der Waals surface area (Å²) < 4.78 is 5.04. The molecule has 2 amide bonds. The molecule has 0 bridgehead atoms. The second kappa shape index (κ2) is 5.20. The summed E-state index contributed by atoms with van der Waals surface area (Å²) in [6.45, 7) is 5.36. The second-order valence-electron chi connectivity index (χ2n) is 5.90. The molecule has 1 heterocycles. The van der Waals surface area contributed by atoms with Crippen LogP contribution < -0.4 is 15.0 Å². The van der Waals surface area contributed by atoms with Gasteiger partial charge in [-0.1, -0.05) is 0 Å². The van der Waals surface area contributed by atoms with Gasteiger partial charge in [0.15, 0.2) is 0 Å². The maximum atomic E-state index is 12.0. The number of fused-ring (bicyclic) bond motifs is 1. The van der Waals surface area contributed by atoms with Gasteiger partial charge < -0.3 is 10.1 Å². The van der Waals surface area contributed by atoms with Crippen molar-refractivity contribution in [3.8, 4) is 5.75 Å². The van der Waals surface area contributed by atoms with Gasteiger partial charge in [0, 0.05) is 5.54 Å². The van der Waals surface area contributed by atoms with E-state index in [0.717, 1.165) is 0 Å². The summed E-state index contributed by atoms with van der Waals surface area (Å²) in [5, 5.41) is 2.77. The number of ketones is 1. The summed E-state index contributed by atoms with van der Waals surface area (Å²) in [4.78, 5) is 37.1. The number of nitrogens with one attached hydrogen (secondary N) is 1. The molecule has 6 nitrogen and oxygen atoms in total. The lowest BCUT2D eigenvalue weighted by atomic mass is 10.1. The Morgan fingerprint density at radius 2 is 1.95 bits per heavy atom. The molecule has 6 heteroatoms. The standard InChI is InChI=1S/C15H18N2O4/c1-15(2,3)16-12(18)8-17-11-6-5-9(21-4)7-10(11)13(19)14(17)20/h5-7H,8H2,1-4H3,(H,16,18). The number of anilines is 1. The Kier molecular flexibility index (Phi) is 3.72. The van der Waals surface area contributed by atoms with Gasteiger partial charge in [0.1, 0.15) is 12.3 Å². The lowest BCUT2D eigenvalue weighted by Gasteiger charge is -2.23. The number of carbonyl (C=O) groups is 3. The number of methoxy groups -OCH3 is 1. The molecule has 0 fully saturated rings. The summed E-state index contributed by atoms with van der Waals surface area (Å²) in [5.74, 6) is -1.13. The Balaban J connectivity index is 2.25. The topological polar surface area (TPSA) is 75.7 Å². The van der Waals surface area contributed by atoms with Gasteiger partial charge in [-0.2, -0.15) is 0 Å². The molecular formula is C15H18N2O4. The minimum absolute atomic E-state index is 0.179. The SMILES string of the molecule is COc1ccc2c(c1)C(=O)C(=O)N2CC(=O)NC(C)(C)C. The Bertz CT molecular complexity index is 617. The number of hydrogen-bond acceptors (Lipinski definition) is 4. The van der Waals surface area contributed by atoms with Crippen molar-refractivity contribution >= 4 is 23.3 Å². The van der Waals surface area contributed by atoms with Crippen molar-refractivity contribution in [3.63, 3.8) is 0 Å². The third-order valence-electron chi connectivity index (χ3n) is 2.99. The average Bonchev–Trinajstić information content (AvgIpc) is 2.61. The predicted molar refractivity (Wildman–Crippen MR) is 77.6 cm³/mol. The van der Waals surface area contributed by atoms with E-state index in [-0.39, 0.29) is 18.0 Å². The van der Waals surface area contributed by atoms with Gasteiger partial charge in [0.05, 0.1) is 18.4 Å². The van der Waals surface area contributed by atoms with Crippen molar-refractivity contribution in [2.24, 2.45) is 0 Å². The number of ether oxygens (including phenoxy) is 1. The van der Waals surface area contributed by atoms with E-state index in [1.54, 1.807) is 12.1 Å². The number of carbonyl (C=O) groups excluding carboxylic acids is 3. The first-order valence-electron chi connectivity index (χ1n) is 6.58. The fraction of sp³-hybridized carbons (Fsp3) is 0.400. The van der Waals surface area contributed by atoms with Crippen molar-refractivity contribution < 1.29 is 19.1 Å². The maximum Gasteiger partial charge on any atom is 0.299 e. The molecule has 0 radical (unpaired) electrons. The van der Waals surface area contributed by atoms with E-state index in [1.807, 2.05) is 20.8 Å². The van der Waals surface area contributed by atoms with Crippen LogP contribution in [-0.4, -0.2) is 36.8 Å². The Morgan fingerprint density at radius 3 is 2.52 bits per heavy atom. The predicted octanol–water partition coefficient (Wildman–Crippen LogP) is 1.14. The van der Waals surface area contributed by atoms with Crippen molar-refractivity contribution in [3.05, 3.63) is 23.8 Å². The van der Waals surface area contributed by atoms with E-state index in [0.29, 0.717) is 11.4 Å². The highest BCUT2D eigenvalue weighted by Gasteiger charge is 2.37. The Hall–Kier alpha value is -2.37. The van der Waals surface area contributed by atoms with Crippen molar-refractivity contribution in [2.45, 2.75) is 26.3 Å². The zero-order chi connectivity index (χ0) is 15.8. The van der Waals surface area contributed by atoms with E-state index in [1.165, 1.54) is 18.1 Å². The van der Waals surface area contributed by atoms with Crippen LogP contribution >= 0.6 is 0 Å². The van der Waals surface area contributed by atoms with Crippen LogP contribution in [0, 0.1) is 0 Å². The molecule has 1 aliphatic rings. The van der Waals surface area contributed by atoms with Crippen LogP contribution in [0.25, 0.3) is 0 Å². The molecule has 2 rings (SSSR count). The normalized spacial score (nSPS) is 14.2. The molecule has 0 atom stereocenters. The molecule has 1 aliphatic heterocycles. The number of rotatable bonds is 3. The maximum absolute atomic E-state index is 12.0. The quantitative estimate of drug-likeness (QED) is 0.847. The summed E-state index contributed by atoms with van der Waals surface area (Å²) in [5.41, 5.74) is 0.310.